The topological polar surface area (TPSA) is 29.5 Å². The summed E-state index contributed by atoms with van der Waals surface area (Å²) in [7, 11) is -0.0880. The van der Waals surface area contributed by atoms with Crippen LogP contribution < -0.4 is 5.30 Å². The fraction of sp³-hybridized carbons (Fsp3) is 0.524. The van der Waals surface area contributed by atoms with Gasteiger partial charge in [0.2, 0.25) is 0 Å². The lowest BCUT2D eigenvalue weighted by Crippen LogP contribution is -2.24. The number of aliphatic hydroxyl groups is 1. The number of hydrogen-bond acceptors (Lipinski definition) is 3. The summed E-state index contributed by atoms with van der Waals surface area (Å²) in [5, 5.41) is 10.2. The van der Waals surface area contributed by atoms with Gasteiger partial charge in [0.1, 0.15) is 0 Å². The van der Waals surface area contributed by atoms with Gasteiger partial charge in [0.05, 0.1) is 30.4 Å². The zero-order chi connectivity index (χ0) is 23.4. The van der Waals surface area contributed by atoms with Crippen LogP contribution in [0.25, 0.3) is 0 Å². The first-order valence-corrected chi connectivity index (χ1v) is 11.4. The van der Waals surface area contributed by atoms with E-state index in [9.17, 15) is 31.4 Å². The van der Waals surface area contributed by atoms with Crippen molar-refractivity contribution in [2.45, 2.75) is 57.2 Å². The molecular weight excluding hydrogens is 461 g/mol. The van der Waals surface area contributed by atoms with E-state index in [1.807, 2.05) is 13.8 Å². The minimum absolute atomic E-state index is 0.0228. The highest BCUT2D eigenvalue weighted by Gasteiger charge is 2.39. The molecule has 2 aromatic rings. The molecule has 3 atom stereocenters. The SMILES string of the molecule is Cc1sc(C)c(C2COCC2O)c1PC(C)(C)c1cc(C(F)(F)F)cc(C(F)(F)F)c1. The highest BCUT2D eigenvalue weighted by molar-refractivity contribution is 7.49. The number of aliphatic hydroxyl groups excluding tert-OH is 1. The summed E-state index contributed by atoms with van der Waals surface area (Å²) in [5.74, 6) is -0.254. The Balaban J connectivity index is 2.08. The number of halogens is 6. The summed E-state index contributed by atoms with van der Waals surface area (Å²) in [6, 6.07) is 1.77. The van der Waals surface area contributed by atoms with Gasteiger partial charge >= 0.3 is 12.4 Å². The molecule has 3 unspecified atom stereocenters. The molecule has 1 aliphatic heterocycles. The average molecular weight is 484 g/mol. The Hall–Kier alpha value is -1.15. The van der Waals surface area contributed by atoms with E-state index >= 15 is 0 Å². The van der Waals surface area contributed by atoms with Crippen molar-refractivity contribution in [1.82, 2.24) is 0 Å². The van der Waals surface area contributed by atoms with Crippen molar-refractivity contribution in [1.29, 1.82) is 0 Å². The molecule has 0 bridgehead atoms. The third-order valence-electron chi connectivity index (χ3n) is 5.48. The van der Waals surface area contributed by atoms with Crippen LogP contribution >= 0.6 is 19.9 Å². The second-order valence-corrected chi connectivity index (χ2v) is 11.7. The number of alkyl halides is 6. The fourth-order valence-corrected chi connectivity index (χ4v) is 6.85. The first kappa shape index (κ1) is 24.5. The standard InChI is InChI=1S/C21H23F6O2PS/c1-10-17(15-8-29-9-16(15)28)18(11(2)31-10)30-19(3,4)12-5-13(20(22,23)24)7-14(6-12)21(25,26)27/h5-7,15-16,28,30H,8-9H2,1-4H3. The third-order valence-corrected chi connectivity index (χ3v) is 8.50. The lowest BCUT2D eigenvalue weighted by molar-refractivity contribution is -0.143. The summed E-state index contributed by atoms with van der Waals surface area (Å²) in [6.07, 6.45) is -10.5. The van der Waals surface area contributed by atoms with Crippen LogP contribution in [0.2, 0.25) is 0 Å². The number of aryl methyl sites for hydroxylation is 2. The van der Waals surface area contributed by atoms with E-state index in [0.717, 1.165) is 32.8 Å². The molecule has 0 saturated carbocycles. The monoisotopic (exact) mass is 484 g/mol. The second-order valence-electron chi connectivity index (χ2n) is 8.26. The van der Waals surface area contributed by atoms with Crippen molar-refractivity contribution in [2.75, 3.05) is 13.2 Å². The quantitative estimate of drug-likeness (QED) is 0.419. The number of rotatable bonds is 4. The van der Waals surface area contributed by atoms with Crippen molar-refractivity contribution < 1.29 is 36.2 Å². The summed E-state index contributed by atoms with van der Waals surface area (Å²) in [6.45, 7) is 7.63. The first-order chi connectivity index (χ1) is 14.1. The van der Waals surface area contributed by atoms with Crippen LogP contribution in [0.5, 0.6) is 0 Å². The van der Waals surface area contributed by atoms with Gasteiger partial charge in [0.25, 0.3) is 0 Å². The molecule has 2 nitrogen and oxygen atoms in total. The molecule has 2 heterocycles. The van der Waals surface area contributed by atoms with E-state index < -0.39 is 34.7 Å². The Morgan fingerprint density at radius 2 is 1.42 bits per heavy atom. The van der Waals surface area contributed by atoms with Crippen LogP contribution in [0.1, 0.15) is 51.8 Å². The predicted molar refractivity (Wildman–Crippen MR) is 111 cm³/mol. The van der Waals surface area contributed by atoms with Crippen LogP contribution in [0.3, 0.4) is 0 Å². The van der Waals surface area contributed by atoms with E-state index in [1.165, 1.54) is 11.3 Å². The molecule has 1 N–H and O–H groups in total. The molecule has 1 saturated heterocycles. The Labute approximate surface area is 182 Å². The molecule has 1 aromatic heterocycles. The number of hydrogen-bond donors (Lipinski definition) is 1. The second kappa shape index (κ2) is 8.32. The molecule has 0 amide bonds. The van der Waals surface area contributed by atoms with Crippen molar-refractivity contribution in [3.8, 4) is 0 Å². The molecule has 1 aromatic carbocycles. The van der Waals surface area contributed by atoms with Gasteiger partial charge in [-0.15, -0.1) is 11.3 Å². The highest BCUT2D eigenvalue weighted by atomic mass is 32.1. The van der Waals surface area contributed by atoms with Gasteiger partial charge in [-0.05, 0) is 48.5 Å². The van der Waals surface area contributed by atoms with E-state index in [2.05, 4.69) is 0 Å². The fourth-order valence-electron chi connectivity index (χ4n) is 3.82. The van der Waals surface area contributed by atoms with Gasteiger partial charge in [-0.2, -0.15) is 26.3 Å². The highest BCUT2D eigenvalue weighted by Crippen LogP contribution is 2.48. The van der Waals surface area contributed by atoms with Gasteiger partial charge in [-0.3, -0.25) is 0 Å². The van der Waals surface area contributed by atoms with Gasteiger partial charge in [0, 0.05) is 20.8 Å². The molecule has 3 rings (SSSR count). The maximum atomic E-state index is 13.3. The third kappa shape index (κ3) is 5.10. The van der Waals surface area contributed by atoms with Crippen LogP contribution in [-0.4, -0.2) is 24.4 Å². The predicted octanol–water partition coefficient (Wildman–Crippen LogP) is 6.12. The molecule has 0 radical (unpaired) electrons. The normalized spacial score (nSPS) is 20.9. The van der Waals surface area contributed by atoms with Crippen LogP contribution in [0.15, 0.2) is 18.2 Å². The Bertz CT molecular complexity index is 932. The lowest BCUT2D eigenvalue weighted by Gasteiger charge is -2.29. The Morgan fingerprint density at radius 1 is 0.903 bits per heavy atom. The van der Waals surface area contributed by atoms with Crippen molar-refractivity contribution >= 4 is 25.2 Å². The molecule has 0 aliphatic carbocycles. The van der Waals surface area contributed by atoms with Crippen LogP contribution in [-0.2, 0) is 22.2 Å². The van der Waals surface area contributed by atoms with Crippen LogP contribution in [0.4, 0.5) is 26.3 Å². The molecule has 31 heavy (non-hydrogen) atoms. The summed E-state index contributed by atoms with van der Waals surface area (Å²) >= 11 is 1.52. The lowest BCUT2D eigenvalue weighted by atomic mass is 9.96. The molecular formula is C21H23F6O2PS. The average Bonchev–Trinajstić information content (AvgIpc) is 3.15. The number of thiophene rings is 1. The Kier molecular flexibility index (Phi) is 6.58. The van der Waals surface area contributed by atoms with Crippen molar-refractivity contribution in [2.24, 2.45) is 0 Å². The van der Waals surface area contributed by atoms with E-state index in [0.29, 0.717) is 6.61 Å². The maximum absolute atomic E-state index is 13.3. The smallest absolute Gasteiger partial charge is 0.390 e. The van der Waals surface area contributed by atoms with Crippen LogP contribution in [0, 0.1) is 13.8 Å². The zero-order valence-electron chi connectivity index (χ0n) is 17.3. The van der Waals surface area contributed by atoms with E-state index in [-0.39, 0.29) is 32.7 Å². The Morgan fingerprint density at radius 3 is 1.87 bits per heavy atom. The summed E-state index contributed by atoms with van der Waals surface area (Å²) in [4.78, 5) is 1.92. The van der Waals surface area contributed by atoms with E-state index in [1.54, 1.807) is 13.8 Å². The van der Waals surface area contributed by atoms with Crippen molar-refractivity contribution in [3.05, 3.63) is 50.2 Å². The summed E-state index contributed by atoms with van der Waals surface area (Å²) < 4.78 is 85.3. The van der Waals surface area contributed by atoms with Gasteiger partial charge in [-0.1, -0.05) is 22.4 Å². The number of ether oxygens (including phenoxy) is 1. The number of benzene rings is 1. The molecule has 1 aliphatic rings. The van der Waals surface area contributed by atoms with Crippen molar-refractivity contribution in [3.63, 3.8) is 0 Å². The van der Waals surface area contributed by atoms with E-state index in [4.69, 9.17) is 4.74 Å². The molecule has 0 spiro atoms. The first-order valence-electron chi connectivity index (χ1n) is 9.55. The molecule has 10 heteroatoms. The molecule has 172 valence electrons. The van der Waals surface area contributed by atoms with Gasteiger partial charge in [0.15, 0.2) is 0 Å². The largest absolute Gasteiger partial charge is 0.416 e. The minimum Gasteiger partial charge on any atom is -0.390 e. The molecule has 1 fully saturated rings. The minimum atomic E-state index is -4.89. The van der Waals surface area contributed by atoms with Gasteiger partial charge in [-0.25, -0.2) is 0 Å². The maximum Gasteiger partial charge on any atom is 0.416 e. The van der Waals surface area contributed by atoms with Gasteiger partial charge < -0.3 is 9.84 Å². The summed E-state index contributed by atoms with van der Waals surface area (Å²) in [5.41, 5.74) is -1.74. The zero-order valence-corrected chi connectivity index (χ0v) is 19.1.